The zero-order valence-electron chi connectivity index (χ0n) is 4.39. The predicted octanol–water partition coefficient (Wildman–Crippen LogP) is -0.379. The van der Waals surface area contributed by atoms with Crippen LogP contribution in [-0.4, -0.2) is 18.2 Å². The van der Waals surface area contributed by atoms with Gasteiger partial charge in [-0.25, -0.2) is 0 Å². The predicted molar refractivity (Wildman–Crippen MR) is 26.0 cm³/mol. The molecule has 3 nitrogen and oxygen atoms in total. The van der Waals surface area contributed by atoms with Gasteiger partial charge in [0.05, 0.1) is 0 Å². The van der Waals surface area contributed by atoms with E-state index in [1.165, 1.54) is 0 Å². The fraction of sp³-hybridized carbons (Fsp3) is 0.800. The van der Waals surface area contributed by atoms with Crippen molar-refractivity contribution >= 4 is 5.91 Å². The van der Waals surface area contributed by atoms with E-state index < -0.39 is 0 Å². The summed E-state index contributed by atoms with van der Waals surface area (Å²) < 4.78 is 5.02. The normalized spacial score (nSPS) is 42.8. The zero-order chi connectivity index (χ0) is 5.56. The summed E-state index contributed by atoms with van der Waals surface area (Å²) in [6.07, 6.45) is 1.99. The molecule has 2 atom stereocenters. The molecule has 0 saturated carbocycles. The van der Waals surface area contributed by atoms with Crippen molar-refractivity contribution in [3.8, 4) is 0 Å². The number of carbonyl (C=O) groups is 1. The maximum absolute atomic E-state index is 10.5. The maximum atomic E-state index is 10.5. The zero-order valence-corrected chi connectivity index (χ0v) is 4.39. The van der Waals surface area contributed by atoms with Crippen LogP contribution < -0.4 is 5.32 Å². The summed E-state index contributed by atoms with van der Waals surface area (Å²) in [5.74, 6) is 0.128. The smallest absolute Gasteiger partial charge is 0.222 e. The molecule has 1 N–H and O–H groups in total. The second-order valence-electron chi connectivity index (χ2n) is 2.20. The van der Waals surface area contributed by atoms with E-state index in [2.05, 4.69) is 5.32 Å². The van der Waals surface area contributed by atoms with E-state index in [4.69, 9.17) is 4.74 Å². The summed E-state index contributed by atoms with van der Waals surface area (Å²) >= 11 is 0. The SMILES string of the molecule is O=C1CCC2OC2N1. The second kappa shape index (κ2) is 1.23. The lowest BCUT2D eigenvalue weighted by molar-refractivity contribution is -0.122. The molecule has 0 aromatic carbocycles. The van der Waals surface area contributed by atoms with E-state index in [1.807, 2.05) is 0 Å². The highest BCUT2D eigenvalue weighted by Gasteiger charge is 2.43. The molecule has 0 radical (unpaired) electrons. The topological polar surface area (TPSA) is 41.6 Å². The Labute approximate surface area is 47.0 Å². The largest absolute Gasteiger partial charge is 0.348 e. The number of amides is 1. The number of ether oxygens (including phenoxy) is 1. The maximum Gasteiger partial charge on any atom is 0.222 e. The summed E-state index contributed by atoms with van der Waals surface area (Å²) in [4.78, 5) is 10.5. The monoisotopic (exact) mass is 113 g/mol. The Balaban J connectivity index is 2.02. The number of hydrogen-bond acceptors (Lipinski definition) is 2. The minimum atomic E-state index is 0.0799. The van der Waals surface area contributed by atoms with Crippen LogP contribution >= 0.6 is 0 Å². The first-order valence-electron chi connectivity index (χ1n) is 2.81. The Morgan fingerprint density at radius 1 is 1.75 bits per heavy atom. The minimum Gasteiger partial charge on any atom is -0.348 e. The van der Waals surface area contributed by atoms with Crippen LogP contribution in [-0.2, 0) is 9.53 Å². The average Bonchev–Trinajstić information content (AvgIpc) is 2.43. The molecule has 44 valence electrons. The first-order chi connectivity index (χ1) is 3.86. The quantitative estimate of drug-likeness (QED) is 0.435. The van der Waals surface area contributed by atoms with Crippen LogP contribution in [0.3, 0.4) is 0 Å². The van der Waals surface area contributed by atoms with Gasteiger partial charge >= 0.3 is 0 Å². The summed E-state index contributed by atoms with van der Waals surface area (Å²) in [5, 5.41) is 2.69. The first-order valence-corrected chi connectivity index (χ1v) is 2.81. The van der Waals surface area contributed by atoms with Crippen LogP contribution in [0.5, 0.6) is 0 Å². The first kappa shape index (κ1) is 4.32. The van der Waals surface area contributed by atoms with Gasteiger partial charge in [0.25, 0.3) is 0 Å². The van der Waals surface area contributed by atoms with E-state index in [-0.39, 0.29) is 12.1 Å². The van der Waals surface area contributed by atoms with Crippen LogP contribution in [0, 0.1) is 0 Å². The number of rotatable bonds is 0. The molecule has 2 heterocycles. The Kier molecular flexibility index (Phi) is 0.663. The van der Waals surface area contributed by atoms with Crippen LogP contribution in [0.1, 0.15) is 12.8 Å². The Bertz CT molecular complexity index is 134. The molecule has 0 bridgehead atoms. The lowest BCUT2D eigenvalue weighted by Crippen LogP contribution is -2.31. The molecular weight excluding hydrogens is 106 g/mol. The molecule has 0 aromatic heterocycles. The molecule has 2 unspecified atom stereocenters. The Hall–Kier alpha value is -0.570. The average molecular weight is 113 g/mol. The van der Waals surface area contributed by atoms with Crippen molar-refractivity contribution in [2.24, 2.45) is 0 Å². The standard InChI is InChI=1S/C5H7NO2/c7-4-2-1-3-5(6-4)8-3/h3,5H,1-2H2,(H,6,7). The van der Waals surface area contributed by atoms with Gasteiger partial charge in [0.1, 0.15) is 6.10 Å². The summed E-state index contributed by atoms with van der Waals surface area (Å²) in [6.45, 7) is 0. The Morgan fingerprint density at radius 2 is 2.62 bits per heavy atom. The molecule has 2 rings (SSSR count). The second-order valence-corrected chi connectivity index (χ2v) is 2.20. The van der Waals surface area contributed by atoms with E-state index >= 15 is 0 Å². The van der Waals surface area contributed by atoms with Crippen molar-refractivity contribution < 1.29 is 9.53 Å². The molecular formula is C5H7NO2. The number of hydrogen-bond donors (Lipinski definition) is 1. The number of piperidine rings is 1. The fourth-order valence-corrected chi connectivity index (χ4v) is 0.994. The summed E-state index contributed by atoms with van der Waals surface area (Å²) in [6, 6.07) is 0. The molecule has 8 heavy (non-hydrogen) atoms. The van der Waals surface area contributed by atoms with Gasteiger partial charge in [-0.2, -0.15) is 0 Å². The molecule has 2 fully saturated rings. The fourth-order valence-electron chi connectivity index (χ4n) is 0.994. The van der Waals surface area contributed by atoms with Gasteiger partial charge < -0.3 is 10.1 Å². The molecule has 3 heteroatoms. The number of epoxide rings is 1. The van der Waals surface area contributed by atoms with E-state index in [9.17, 15) is 4.79 Å². The van der Waals surface area contributed by atoms with Crippen LogP contribution in [0.25, 0.3) is 0 Å². The molecule has 0 aliphatic carbocycles. The molecule has 2 saturated heterocycles. The highest BCUT2D eigenvalue weighted by atomic mass is 16.6. The highest BCUT2D eigenvalue weighted by molar-refractivity contribution is 5.77. The van der Waals surface area contributed by atoms with Crippen LogP contribution in [0.2, 0.25) is 0 Å². The molecule has 1 amide bonds. The van der Waals surface area contributed by atoms with Gasteiger partial charge in [0.15, 0.2) is 6.23 Å². The van der Waals surface area contributed by atoms with Crippen molar-refractivity contribution in [1.82, 2.24) is 5.32 Å². The van der Waals surface area contributed by atoms with Crippen molar-refractivity contribution in [3.05, 3.63) is 0 Å². The van der Waals surface area contributed by atoms with Crippen LogP contribution in [0.4, 0.5) is 0 Å². The van der Waals surface area contributed by atoms with Crippen molar-refractivity contribution in [3.63, 3.8) is 0 Å². The van der Waals surface area contributed by atoms with E-state index in [1.54, 1.807) is 0 Å². The van der Waals surface area contributed by atoms with Gasteiger partial charge in [-0.15, -0.1) is 0 Å². The van der Waals surface area contributed by atoms with Gasteiger partial charge in [-0.1, -0.05) is 0 Å². The van der Waals surface area contributed by atoms with Crippen molar-refractivity contribution in [1.29, 1.82) is 0 Å². The third-order valence-corrected chi connectivity index (χ3v) is 1.54. The molecule has 0 spiro atoms. The highest BCUT2D eigenvalue weighted by Crippen LogP contribution is 2.27. The summed E-state index contributed by atoms with van der Waals surface area (Å²) in [5.41, 5.74) is 0. The molecule has 0 aromatic rings. The van der Waals surface area contributed by atoms with Gasteiger partial charge in [-0.05, 0) is 6.42 Å². The number of fused-ring (bicyclic) bond motifs is 1. The lowest BCUT2D eigenvalue weighted by atomic mass is 10.2. The van der Waals surface area contributed by atoms with Crippen LogP contribution in [0.15, 0.2) is 0 Å². The number of nitrogens with one attached hydrogen (secondary N) is 1. The third kappa shape index (κ3) is 0.512. The Morgan fingerprint density at radius 3 is 3.25 bits per heavy atom. The minimum absolute atomic E-state index is 0.0799. The van der Waals surface area contributed by atoms with E-state index in [0.29, 0.717) is 12.5 Å². The molecule has 2 aliphatic rings. The van der Waals surface area contributed by atoms with Gasteiger partial charge in [0.2, 0.25) is 5.91 Å². The van der Waals surface area contributed by atoms with Crippen molar-refractivity contribution in [2.45, 2.75) is 25.2 Å². The lowest BCUT2D eigenvalue weighted by Gasteiger charge is -2.03. The number of carbonyl (C=O) groups excluding carboxylic acids is 1. The van der Waals surface area contributed by atoms with Crippen molar-refractivity contribution in [2.75, 3.05) is 0 Å². The summed E-state index contributed by atoms with van der Waals surface area (Å²) in [7, 11) is 0. The van der Waals surface area contributed by atoms with Gasteiger partial charge in [-0.3, -0.25) is 4.79 Å². The molecule has 2 aliphatic heterocycles. The third-order valence-electron chi connectivity index (χ3n) is 1.54. The van der Waals surface area contributed by atoms with Gasteiger partial charge in [0, 0.05) is 6.42 Å². The van der Waals surface area contributed by atoms with E-state index in [0.717, 1.165) is 6.42 Å².